The summed E-state index contributed by atoms with van der Waals surface area (Å²) in [6.45, 7) is 1.53. The molecule has 1 aliphatic rings. The molecule has 0 radical (unpaired) electrons. The molecular formula is C13H18N4O3S. The molecule has 0 saturated carbocycles. The third kappa shape index (κ3) is 3.52. The highest BCUT2D eigenvalue weighted by molar-refractivity contribution is 7.90. The first-order valence-corrected chi connectivity index (χ1v) is 8.41. The lowest BCUT2D eigenvalue weighted by molar-refractivity contribution is 0.100. The number of anilines is 1. The van der Waals surface area contributed by atoms with Gasteiger partial charge in [0.2, 0.25) is 0 Å². The van der Waals surface area contributed by atoms with Crippen LogP contribution in [0.3, 0.4) is 0 Å². The lowest BCUT2D eigenvalue weighted by atomic mass is 10.2. The minimum atomic E-state index is -3.37. The minimum Gasteiger partial charge on any atom is -0.370 e. The van der Waals surface area contributed by atoms with Crippen molar-refractivity contribution in [2.24, 2.45) is 16.5 Å². The van der Waals surface area contributed by atoms with Crippen molar-refractivity contribution >= 4 is 27.4 Å². The van der Waals surface area contributed by atoms with Gasteiger partial charge in [0.15, 0.2) is 15.8 Å². The number of sulfone groups is 1. The fraction of sp³-hybridized carbons (Fsp3) is 0.385. The summed E-state index contributed by atoms with van der Waals surface area (Å²) in [5.41, 5.74) is 11.2. The highest BCUT2D eigenvalue weighted by atomic mass is 32.2. The van der Waals surface area contributed by atoms with E-state index in [1.54, 1.807) is 0 Å². The molecular weight excluding hydrogens is 292 g/mol. The van der Waals surface area contributed by atoms with Gasteiger partial charge in [-0.3, -0.25) is 4.79 Å². The van der Waals surface area contributed by atoms with Crippen molar-refractivity contribution in [3.05, 3.63) is 23.8 Å². The van der Waals surface area contributed by atoms with Crippen LogP contribution in [0.4, 0.5) is 5.69 Å². The molecule has 1 heterocycles. The molecule has 1 aromatic carbocycles. The Labute approximate surface area is 123 Å². The number of benzene rings is 1. The smallest absolute Gasteiger partial charge is 0.280 e. The van der Waals surface area contributed by atoms with Crippen LogP contribution >= 0.6 is 0 Å². The molecule has 1 aliphatic heterocycles. The van der Waals surface area contributed by atoms with Gasteiger partial charge in [-0.1, -0.05) is 0 Å². The van der Waals surface area contributed by atoms with Gasteiger partial charge >= 0.3 is 0 Å². The molecule has 1 fully saturated rings. The quantitative estimate of drug-likeness (QED) is 0.604. The first-order valence-electron chi connectivity index (χ1n) is 6.52. The summed E-state index contributed by atoms with van der Waals surface area (Å²) in [6, 6.07) is 4.39. The van der Waals surface area contributed by atoms with Crippen LogP contribution in [0.1, 0.15) is 23.2 Å². The average Bonchev–Trinajstić information content (AvgIpc) is 2.89. The van der Waals surface area contributed by atoms with Crippen LogP contribution in [0.25, 0.3) is 0 Å². The molecule has 4 N–H and O–H groups in total. The van der Waals surface area contributed by atoms with Gasteiger partial charge < -0.3 is 16.4 Å². The number of carbonyl (C=O) groups is 1. The van der Waals surface area contributed by atoms with Gasteiger partial charge in [-0.25, -0.2) is 8.42 Å². The van der Waals surface area contributed by atoms with Crippen molar-refractivity contribution < 1.29 is 13.2 Å². The minimum absolute atomic E-state index is 0.214. The molecule has 0 spiro atoms. The SMILES string of the molecule is CS(=O)(=O)c1ccc(C(=O)N=C(N)N)cc1N1CCCC1. The number of amides is 1. The monoisotopic (exact) mass is 310 g/mol. The maximum atomic E-state index is 11.9. The Kier molecular flexibility index (Phi) is 4.17. The zero-order valence-corrected chi connectivity index (χ0v) is 12.6. The number of rotatable bonds is 3. The molecule has 0 aliphatic carbocycles. The molecule has 21 heavy (non-hydrogen) atoms. The molecule has 0 bridgehead atoms. The van der Waals surface area contributed by atoms with Crippen molar-refractivity contribution in [2.45, 2.75) is 17.7 Å². The number of hydrogen-bond donors (Lipinski definition) is 2. The highest BCUT2D eigenvalue weighted by Gasteiger charge is 2.22. The van der Waals surface area contributed by atoms with Crippen molar-refractivity contribution in [3.8, 4) is 0 Å². The van der Waals surface area contributed by atoms with E-state index in [1.165, 1.54) is 18.2 Å². The van der Waals surface area contributed by atoms with Crippen molar-refractivity contribution in [3.63, 3.8) is 0 Å². The van der Waals surface area contributed by atoms with E-state index in [9.17, 15) is 13.2 Å². The lowest BCUT2D eigenvalue weighted by Crippen LogP contribution is -2.24. The van der Waals surface area contributed by atoms with Crippen LogP contribution in [0.5, 0.6) is 0 Å². The molecule has 0 aromatic heterocycles. The Hall–Kier alpha value is -2.09. The van der Waals surface area contributed by atoms with Crippen molar-refractivity contribution in [1.29, 1.82) is 0 Å². The van der Waals surface area contributed by atoms with E-state index in [-0.39, 0.29) is 16.4 Å². The van der Waals surface area contributed by atoms with Crippen LogP contribution in [-0.4, -0.2) is 39.6 Å². The second-order valence-corrected chi connectivity index (χ2v) is 6.97. The van der Waals surface area contributed by atoms with E-state index in [1.807, 2.05) is 4.90 Å². The normalized spacial score (nSPS) is 15.0. The fourth-order valence-corrected chi connectivity index (χ4v) is 3.23. The van der Waals surface area contributed by atoms with E-state index < -0.39 is 15.7 Å². The molecule has 1 amide bonds. The van der Waals surface area contributed by atoms with Crippen LogP contribution in [-0.2, 0) is 9.84 Å². The Bertz CT molecular complexity index is 687. The Morgan fingerprint density at radius 3 is 2.38 bits per heavy atom. The van der Waals surface area contributed by atoms with Crippen LogP contribution in [0.15, 0.2) is 28.1 Å². The van der Waals surface area contributed by atoms with Crippen LogP contribution in [0.2, 0.25) is 0 Å². The number of hydrogen-bond acceptors (Lipinski definition) is 4. The summed E-state index contributed by atoms with van der Waals surface area (Å²) < 4.78 is 23.8. The predicted molar refractivity (Wildman–Crippen MR) is 81.1 cm³/mol. The molecule has 1 saturated heterocycles. The molecule has 1 aromatic rings. The largest absolute Gasteiger partial charge is 0.370 e. The Balaban J connectivity index is 2.51. The maximum absolute atomic E-state index is 11.9. The Morgan fingerprint density at radius 2 is 1.86 bits per heavy atom. The number of carbonyl (C=O) groups excluding carboxylic acids is 1. The number of nitrogens with two attached hydrogens (primary N) is 2. The number of guanidine groups is 1. The summed E-state index contributed by atoms with van der Waals surface area (Å²) in [7, 11) is -3.37. The molecule has 114 valence electrons. The van der Waals surface area contributed by atoms with E-state index in [0.29, 0.717) is 5.69 Å². The maximum Gasteiger partial charge on any atom is 0.280 e. The van der Waals surface area contributed by atoms with Gasteiger partial charge in [0.05, 0.1) is 10.6 Å². The average molecular weight is 310 g/mol. The van der Waals surface area contributed by atoms with Gasteiger partial charge in [-0.05, 0) is 31.0 Å². The van der Waals surface area contributed by atoms with Crippen LogP contribution in [0, 0.1) is 0 Å². The first-order chi connectivity index (χ1) is 9.79. The van der Waals surface area contributed by atoms with E-state index in [4.69, 9.17) is 11.5 Å². The third-order valence-electron chi connectivity index (χ3n) is 3.28. The zero-order chi connectivity index (χ0) is 15.6. The standard InChI is InChI=1S/C13H18N4O3S/c1-21(19,20)11-5-4-9(12(18)16-13(14)15)8-10(11)17-6-2-3-7-17/h4-5,8H,2-3,6-7H2,1H3,(H4,14,15,16,18). The highest BCUT2D eigenvalue weighted by Crippen LogP contribution is 2.29. The lowest BCUT2D eigenvalue weighted by Gasteiger charge is -2.21. The van der Waals surface area contributed by atoms with E-state index >= 15 is 0 Å². The second kappa shape index (κ2) is 5.72. The summed E-state index contributed by atoms with van der Waals surface area (Å²) in [6.07, 6.45) is 3.14. The summed E-state index contributed by atoms with van der Waals surface area (Å²) in [4.78, 5) is 17.5. The number of nitrogens with zero attached hydrogens (tertiary/aromatic N) is 2. The predicted octanol–water partition coefficient (Wildman–Crippen LogP) is 0.104. The van der Waals surface area contributed by atoms with Gasteiger partial charge in [0.1, 0.15) is 0 Å². The van der Waals surface area contributed by atoms with Crippen molar-refractivity contribution in [1.82, 2.24) is 0 Å². The van der Waals surface area contributed by atoms with Gasteiger partial charge in [0.25, 0.3) is 5.91 Å². The topological polar surface area (TPSA) is 119 Å². The fourth-order valence-electron chi connectivity index (χ4n) is 2.35. The van der Waals surface area contributed by atoms with E-state index in [0.717, 1.165) is 32.2 Å². The number of aliphatic imine (C=N–C) groups is 1. The molecule has 2 rings (SSSR count). The Morgan fingerprint density at radius 1 is 1.24 bits per heavy atom. The molecule has 8 heteroatoms. The summed E-state index contributed by atoms with van der Waals surface area (Å²) >= 11 is 0. The van der Waals surface area contributed by atoms with Crippen LogP contribution < -0.4 is 16.4 Å². The summed E-state index contributed by atoms with van der Waals surface area (Å²) in [5, 5.41) is 0. The van der Waals surface area contributed by atoms with Gasteiger partial charge in [0, 0.05) is 24.9 Å². The molecule has 0 atom stereocenters. The van der Waals surface area contributed by atoms with Gasteiger partial charge in [-0.2, -0.15) is 4.99 Å². The van der Waals surface area contributed by atoms with E-state index in [2.05, 4.69) is 4.99 Å². The van der Waals surface area contributed by atoms with Crippen molar-refractivity contribution in [2.75, 3.05) is 24.2 Å². The van der Waals surface area contributed by atoms with Gasteiger partial charge in [-0.15, -0.1) is 0 Å². The molecule has 0 unspecified atom stereocenters. The molecule has 7 nitrogen and oxygen atoms in total. The third-order valence-corrected chi connectivity index (χ3v) is 4.43. The zero-order valence-electron chi connectivity index (χ0n) is 11.7. The first kappa shape index (κ1) is 15.3. The second-order valence-electron chi connectivity index (χ2n) is 4.99. The summed E-state index contributed by atoms with van der Waals surface area (Å²) in [5.74, 6) is -0.912.